The number of hydrogen-bond acceptors (Lipinski definition) is 7. The Morgan fingerprint density at radius 1 is 1.24 bits per heavy atom. The highest BCUT2D eigenvalue weighted by Crippen LogP contribution is 2.23. The number of nitrogens with zero attached hydrogens (tertiary/aromatic N) is 4. The Bertz CT molecular complexity index is 790. The summed E-state index contributed by atoms with van der Waals surface area (Å²) in [6, 6.07) is 11.1. The van der Waals surface area contributed by atoms with Gasteiger partial charge in [-0.05, 0) is 36.9 Å². The Balaban J connectivity index is 1.71. The Labute approximate surface area is 145 Å². The summed E-state index contributed by atoms with van der Waals surface area (Å²) in [4.78, 5) is 10.4. The van der Waals surface area contributed by atoms with Crippen LogP contribution in [0.4, 0.5) is 0 Å². The van der Waals surface area contributed by atoms with Crippen LogP contribution in [-0.2, 0) is 6.54 Å². The summed E-state index contributed by atoms with van der Waals surface area (Å²) >= 11 is 0. The first kappa shape index (κ1) is 17.1. The van der Waals surface area contributed by atoms with Gasteiger partial charge in [0.1, 0.15) is 5.75 Å². The first-order valence-corrected chi connectivity index (χ1v) is 7.89. The van der Waals surface area contributed by atoms with E-state index in [1.165, 1.54) is 0 Å². The smallest absolute Gasteiger partial charge is 0.241 e. The van der Waals surface area contributed by atoms with Gasteiger partial charge in [0.25, 0.3) is 0 Å². The molecule has 1 aromatic carbocycles. The lowest BCUT2D eigenvalue weighted by Crippen LogP contribution is -2.27. The van der Waals surface area contributed by atoms with Crippen LogP contribution in [0.25, 0.3) is 11.4 Å². The summed E-state index contributed by atoms with van der Waals surface area (Å²) in [6.07, 6.45) is 3.38. The fraction of sp³-hybridized carbons (Fsp3) is 0.278. The Morgan fingerprint density at radius 2 is 2.04 bits per heavy atom. The zero-order valence-electron chi connectivity index (χ0n) is 14.2. The molecule has 0 radical (unpaired) electrons. The molecule has 3 rings (SSSR count). The van der Waals surface area contributed by atoms with E-state index >= 15 is 0 Å². The largest absolute Gasteiger partial charge is 0.497 e. The number of benzene rings is 1. The number of pyridine rings is 1. The number of aliphatic hydroxyl groups excluding tert-OH is 1. The second kappa shape index (κ2) is 7.87. The maximum Gasteiger partial charge on any atom is 0.241 e. The second-order valence-electron chi connectivity index (χ2n) is 5.64. The molecule has 3 aromatic rings. The molecule has 130 valence electrons. The van der Waals surface area contributed by atoms with Gasteiger partial charge >= 0.3 is 0 Å². The van der Waals surface area contributed by atoms with Crippen molar-refractivity contribution in [3.05, 3.63) is 60.2 Å². The summed E-state index contributed by atoms with van der Waals surface area (Å²) in [5.74, 6) is 1.76. The summed E-state index contributed by atoms with van der Waals surface area (Å²) in [5, 5.41) is 13.8. The summed E-state index contributed by atoms with van der Waals surface area (Å²) in [7, 11) is 3.53. The van der Waals surface area contributed by atoms with Gasteiger partial charge in [0, 0.05) is 18.0 Å². The maximum atomic E-state index is 9.79. The van der Waals surface area contributed by atoms with Gasteiger partial charge < -0.3 is 14.4 Å². The van der Waals surface area contributed by atoms with Crippen molar-refractivity contribution in [1.29, 1.82) is 0 Å². The van der Waals surface area contributed by atoms with Crippen molar-refractivity contribution in [2.75, 3.05) is 20.8 Å². The minimum absolute atomic E-state index is 0.0214. The van der Waals surface area contributed by atoms with Crippen LogP contribution in [0.15, 0.2) is 53.3 Å². The van der Waals surface area contributed by atoms with Crippen molar-refractivity contribution in [3.63, 3.8) is 0 Å². The molecule has 2 heterocycles. The Kier molecular flexibility index (Phi) is 5.37. The summed E-state index contributed by atoms with van der Waals surface area (Å²) in [5.41, 5.74) is 1.78. The SMILES string of the molecule is COc1ccc(C(CO)N(C)Cc2nc(-c3cccnc3)no2)cc1. The van der Waals surface area contributed by atoms with Gasteiger partial charge in [0.05, 0.1) is 26.3 Å². The van der Waals surface area contributed by atoms with Crippen LogP contribution in [0.2, 0.25) is 0 Å². The van der Waals surface area contributed by atoms with Crippen molar-refractivity contribution in [1.82, 2.24) is 20.0 Å². The zero-order chi connectivity index (χ0) is 17.6. The Morgan fingerprint density at radius 3 is 2.68 bits per heavy atom. The molecular formula is C18H20N4O3. The predicted octanol–water partition coefficient (Wildman–Crippen LogP) is 2.31. The topological polar surface area (TPSA) is 84.5 Å². The van der Waals surface area contributed by atoms with E-state index in [2.05, 4.69) is 15.1 Å². The standard InChI is InChI=1S/C18H20N4O3/c1-22(16(12-23)13-5-7-15(24-2)8-6-13)11-17-20-18(21-25-17)14-4-3-9-19-10-14/h3-10,16,23H,11-12H2,1-2H3. The minimum atomic E-state index is -0.181. The molecule has 0 saturated heterocycles. The van der Waals surface area contributed by atoms with Crippen molar-refractivity contribution in [3.8, 4) is 17.1 Å². The number of aromatic nitrogens is 3. The molecule has 7 heteroatoms. The number of ether oxygens (including phenoxy) is 1. The van der Waals surface area contributed by atoms with Crippen LogP contribution in [0.1, 0.15) is 17.5 Å². The lowest BCUT2D eigenvalue weighted by atomic mass is 10.1. The normalized spacial score (nSPS) is 12.3. The van der Waals surface area contributed by atoms with Crippen LogP contribution in [0, 0.1) is 0 Å². The van der Waals surface area contributed by atoms with Gasteiger partial charge in [-0.25, -0.2) is 0 Å². The van der Waals surface area contributed by atoms with Crippen LogP contribution in [-0.4, -0.2) is 45.9 Å². The van der Waals surface area contributed by atoms with Crippen molar-refractivity contribution in [2.24, 2.45) is 0 Å². The fourth-order valence-corrected chi connectivity index (χ4v) is 2.58. The number of likely N-dealkylation sites (N-methyl/N-ethyl adjacent to an activating group) is 1. The van der Waals surface area contributed by atoms with Gasteiger partial charge in [-0.3, -0.25) is 9.88 Å². The van der Waals surface area contributed by atoms with Crippen LogP contribution in [0.3, 0.4) is 0 Å². The molecule has 0 bridgehead atoms. The van der Waals surface area contributed by atoms with Crippen molar-refractivity contribution in [2.45, 2.75) is 12.6 Å². The van der Waals surface area contributed by atoms with Crippen LogP contribution < -0.4 is 4.74 Å². The summed E-state index contributed by atoms with van der Waals surface area (Å²) in [6.45, 7) is 0.400. The summed E-state index contributed by atoms with van der Waals surface area (Å²) < 4.78 is 10.5. The van der Waals surface area contributed by atoms with E-state index in [0.29, 0.717) is 18.3 Å². The van der Waals surface area contributed by atoms with Crippen molar-refractivity contribution >= 4 is 0 Å². The molecule has 0 spiro atoms. The Hall–Kier alpha value is -2.77. The predicted molar refractivity (Wildman–Crippen MR) is 91.8 cm³/mol. The van der Waals surface area contributed by atoms with Gasteiger partial charge in [-0.1, -0.05) is 17.3 Å². The number of aliphatic hydroxyl groups is 1. The highest BCUT2D eigenvalue weighted by Gasteiger charge is 2.19. The fourth-order valence-electron chi connectivity index (χ4n) is 2.58. The number of rotatable bonds is 7. The van der Waals surface area contributed by atoms with E-state index in [0.717, 1.165) is 16.9 Å². The minimum Gasteiger partial charge on any atom is -0.497 e. The monoisotopic (exact) mass is 340 g/mol. The first-order chi connectivity index (χ1) is 12.2. The first-order valence-electron chi connectivity index (χ1n) is 7.89. The van der Waals surface area contributed by atoms with Crippen molar-refractivity contribution < 1.29 is 14.4 Å². The zero-order valence-corrected chi connectivity index (χ0v) is 14.2. The van der Waals surface area contributed by atoms with Gasteiger partial charge in [-0.2, -0.15) is 4.98 Å². The average molecular weight is 340 g/mol. The molecule has 1 unspecified atom stereocenters. The third-order valence-electron chi connectivity index (χ3n) is 3.98. The van der Waals surface area contributed by atoms with Gasteiger partial charge in [-0.15, -0.1) is 0 Å². The molecule has 0 fully saturated rings. The van der Waals surface area contributed by atoms with E-state index in [9.17, 15) is 5.11 Å². The third kappa shape index (κ3) is 4.01. The van der Waals surface area contributed by atoms with Crippen LogP contribution >= 0.6 is 0 Å². The molecule has 1 atom stereocenters. The molecule has 25 heavy (non-hydrogen) atoms. The quantitative estimate of drug-likeness (QED) is 0.706. The molecule has 1 N–H and O–H groups in total. The number of hydrogen-bond donors (Lipinski definition) is 1. The molecular weight excluding hydrogens is 320 g/mol. The maximum absolute atomic E-state index is 9.79. The van der Waals surface area contributed by atoms with E-state index in [1.807, 2.05) is 48.3 Å². The van der Waals surface area contributed by atoms with Gasteiger partial charge in [0.2, 0.25) is 11.7 Å². The lowest BCUT2D eigenvalue weighted by molar-refractivity contribution is 0.131. The number of methoxy groups -OCH3 is 1. The molecule has 2 aromatic heterocycles. The highest BCUT2D eigenvalue weighted by molar-refractivity contribution is 5.51. The molecule has 0 aliphatic carbocycles. The molecule has 0 aliphatic rings. The van der Waals surface area contributed by atoms with Gasteiger partial charge in [0.15, 0.2) is 0 Å². The molecule has 0 saturated carbocycles. The third-order valence-corrected chi connectivity index (χ3v) is 3.98. The molecule has 0 aliphatic heterocycles. The van der Waals surface area contributed by atoms with E-state index < -0.39 is 0 Å². The lowest BCUT2D eigenvalue weighted by Gasteiger charge is -2.25. The highest BCUT2D eigenvalue weighted by atomic mass is 16.5. The average Bonchev–Trinajstić information content (AvgIpc) is 3.12. The molecule has 7 nitrogen and oxygen atoms in total. The van der Waals surface area contributed by atoms with E-state index in [-0.39, 0.29) is 12.6 Å². The van der Waals surface area contributed by atoms with Crippen LogP contribution in [0.5, 0.6) is 5.75 Å². The van der Waals surface area contributed by atoms with E-state index in [4.69, 9.17) is 9.26 Å². The molecule has 0 amide bonds. The van der Waals surface area contributed by atoms with E-state index in [1.54, 1.807) is 19.5 Å². The second-order valence-corrected chi connectivity index (χ2v) is 5.64.